The summed E-state index contributed by atoms with van der Waals surface area (Å²) in [6, 6.07) is 56.5. The number of nitrogens with one attached hydrogen (secondary N) is 1. The molecule has 3 heteroatoms. The van der Waals surface area contributed by atoms with Gasteiger partial charge in [-0.15, -0.1) is 0 Å². The molecule has 0 bridgehead atoms. The Morgan fingerprint density at radius 2 is 1.29 bits per heavy atom. The lowest BCUT2D eigenvalue weighted by Crippen LogP contribution is -2.50. The Morgan fingerprint density at radius 3 is 2.02 bits per heavy atom. The molecule has 2 aliphatic heterocycles. The molecule has 2 atom stereocenters. The standard InChI is InChI=1S/C56H52BN2/c1-7-41-43(42-26-15-14-21-38(42)3)31-32-48(51(41)44-35-37(2)36-47-52(44)58-55(5)34-19-18-33-54(47,55)4)57-49-29-20-28-46-53(49)59(6)50-30-17-16-27-45(50)56(46,39-22-10-8-11-23-39)40-24-12-9-13-25-40/h7-17,20-32,35-36,58H,1,18-19,33-34H2,2-6H3. The highest BCUT2D eigenvalue weighted by Gasteiger charge is 2.54. The van der Waals surface area contributed by atoms with Gasteiger partial charge in [0.05, 0.1) is 5.41 Å². The van der Waals surface area contributed by atoms with E-state index in [1.54, 1.807) is 0 Å². The van der Waals surface area contributed by atoms with Crippen molar-refractivity contribution in [1.82, 2.24) is 0 Å². The van der Waals surface area contributed by atoms with E-state index in [1.165, 1.54) is 120 Å². The quantitative estimate of drug-likeness (QED) is 0.163. The Kier molecular flexibility index (Phi) is 8.87. The molecular formula is C56H52BN2. The van der Waals surface area contributed by atoms with Crippen LogP contribution in [0.4, 0.5) is 17.1 Å². The first-order valence-corrected chi connectivity index (χ1v) is 21.4. The van der Waals surface area contributed by atoms with E-state index in [2.05, 4.69) is 217 Å². The largest absolute Gasteiger partial charge is 0.378 e. The van der Waals surface area contributed by atoms with Gasteiger partial charge in [-0.25, -0.2) is 0 Å². The third kappa shape index (κ3) is 5.47. The minimum absolute atomic E-state index is 0.00517. The number of fused-ring (bicyclic) bond motifs is 5. The van der Waals surface area contributed by atoms with Crippen LogP contribution in [-0.4, -0.2) is 19.9 Å². The topological polar surface area (TPSA) is 15.3 Å². The first-order valence-electron chi connectivity index (χ1n) is 21.4. The van der Waals surface area contributed by atoms with E-state index >= 15 is 0 Å². The summed E-state index contributed by atoms with van der Waals surface area (Å²) in [5.74, 6) is 0. The van der Waals surface area contributed by atoms with Crippen LogP contribution in [0.3, 0.4) is 0 Å². The highest BCUT2D eigenvalue weighted by molar-refractivity contribution is 6.70. The molecule has 289 valence electrons. The molecule has 1 aliphatic carbocycles. The molecule has 2 unspecified atom stereocenters. The van der Waals surface area contributed by atoms with Crippen molar-refractivity contribution >= 4 is 41.3 Å². The molecule has 0 aromatic heterocycles. The third-order valence-corrected chi connectivity index (χ3v) is 14.5. The summed E-state index contributed by atoms with van der Waals surface area (Å²) in [5, 5.41) is 4.22. The second-order valence-electron chi connectivity index (χ2n) is 17.7. The SMILES string of the molecule is C=Cc1c(-c2ccccc2C)ccc([B]c2cccc3c2N(C)c2ccccc2C3(c2ccccc2)c2ccccc2)c1-c1cc(C)cc2c1NC1(C)CCCCC21C. The van der Waals surface area contributed by atoms with Crippen molar-refractivity contribution < 1.29 is 0 Å². The highest BCUT2D eigenvalue weighted by Crippen LogP contribution is 2.58. The Balaban J connectivity index is 1.25. The van der Waals surface area contributed by atoms with Gasteiger partial charge < -0.3 is 10.2 Å². The maximum absolute atomic E-state index is 4.55. The summed E-state index contributed by atoms with van der Waals surface area (Å²) in [5.41, 5.74) is 20.8. The van der Waals surface area contributed by atoms with E-state index in [9.17, 15) is 0 Å². The minimum atomic E-state index is -0.531. The zero-order valence-electron chi connectivity index (χ0n) is 35.1. The Bertz CT molecular complexity index is 2730. The van der Waals surface area contributed by atoms with Crippen LogP contribution in [0, 0.1) is 13.8 Å². The first kappa shape index (κ1) is 37.2. The van der Waals surface area contributed by atoms with Crippen molar-refractivity contribution in [2.24, 2.45) is 0 Å². The van der Waals surface area contributed by atoms with Gasteiger partial charge in [0.2, 0.25) is 0 Å². The van der Waals surface area contributed by atoms with E-state index in [0.29, 0.717) is 0 Å². The lowest BCUT2D eigenvalue weighted by molar-refractivity contribution is 0.214. The van der Waals surface area contributed by atoms with Crippen LogP contribution in [0.5, 0.6) is 0 Å². The summed E-state index contributed by atoms with van der Waals surface area (Å²) in [6.07, 6.45) is 6.98. The van der Waals surface area contributed by atoms with Gasteiger partial charge in [-0.3, -0.25) is 0 Å². The fourth-order valence-corrected chi connectivity index (χ4v) is 11.4. The number of rotatable bonds is 7. The maximum atomic E-state index is 4.55. The van der Waals surface area contributed by atoms with Gasteiger partial charge >= 0.3 is 0 Å². The van der Waals surface area contributed by atoms with Gasteiger partial charge in [0.25, 0.3) is 0 Å². The molecule has 1 saturated carbocycles. The van der Waals surface area contributed by atoms with Crippen molar-refractivity contribution in [3.8, 4) is 22.3 Å². The summed E-state index contributed by atoms with van der Waals surface area (Å²) in [6.45, 7) is 14.0. The number of aryl methyl sites for hydroxylation is 2. The van der Waals surface area contributed by atoms with Crippen LogP contribution < -0.4 is 21.1 Å². The van der Waals surface area contributed by atoms with Gasteiger partial charge in [0.1, 0.15) is 0 Å². The smallest absolute Gasteiger partial charge is 0.195 e. The number of anilines is 3. The van der Waals surface area contributed by atoms with Crippen molar-refractivity contribution in [3.63, 3.8) is 0 Å². The van der Waals surface area contributed by atoms with Crippen LogP contribution >= 0.6 is 0 Å². The molecule has 0 saturated heterocycles. The molecule has 2 nitrogen and oxygen atoms in total. The molecule has 2 heterocycles. The van der Waals surface area contributed by atoms with Crippen molar-refractivity contribution in [2.45, 2.75) is 69.7 Å². The van der Waals surface area contributed by atoms with Crippen molar-refractivity contribution in [2.75, 3.05) is 17.3 Å². The summed E-state index contributed by atoms with van der Waals surface area (Å²) >= 11 is 0. The van der Waals surface area contributed by atoms with Crippen molar-refractivity contribution in [1.29, 1.82) is 0 Å². The van der Waals surface area contributed by atoms with E-state index in [4.69, 9.17) is 0 Å². The summed E-state index contributed by atoms with van der Waals surface area (Å²) in [7, 11) is 4.70. The number of para-hydroxylation sites is 2. The zero-order valence-corrected chi connectivity index (χ0v) is 35.1. The molecule has 3 aliphatic rings. The van der Waals surface area contributed by atoms with E-state index in [1.807, 2.05) is 0 Å². The molecule has 7 aromatic carbocycles. The molecular weight excluding hydrogens is 711 g/mol. The Morgan fingerprint density at radius 1 is 0.627 bits per heavy atom. The van der Waals surface area contributed by atoms with Gasteiger partial charge in [0, 0.05) is 40.6 Å². The number of benzene rings is 7. The first-order chi connectivity index (χ1) is 28.7. The minimum Gasteiger partial charge on any atom is -0.378 e. The van der Waals surface area contributed by atoms with Crippen LogP contribution in [0.2, 0.25) is 0 Å². The predicted molar refractivity (Wildman–Crippen MR) is 253 cm³/mol. The average molecular weight is 764 g/mol. The fraction of sp³-hybridized carbons (Fsp3) is 0.214. The monoisotopic (exact) mass is 763 g/mol. The van der Waals surface area contributed by atoms with Crippen LogP contribution in [0.1, 0.15) is 84.0 Å². The zero-order chi connectivity index (χ0) is 40.5. The molecule has 7 aromatic rings. The van der Waals surface area contributed by atoms with Gasteiger partial charge in [0.15, 0.2) is 7.28 Å². The number of nitrogens with zero attached hydrogens (tertiary/aromatic N) is 1. The molecule has 0 amide bonds. The summed E-state index contributed by atoms with van der Waals surface area (Å²) in [4.78, 5) is 2.43. The number of hydrogen-bond acceptors (Lipinski definition) is 2. The van der Waals surface area contributed by atoms with E-state index in [-0.39, 0.29) is 11.0 Å². The average Bonchev–Trinajstić information content (AvgIpc) is 3.50. The molecule has 0 spiro atoms. The van der Waals surface area contributed by atoms with E-state index in [0.717, 1.165) is 0 Å². The van der Waals surface area contributed by atoms with Crippen LogP contribution in [0.15, 0.2) is 158 Å². The maximum Gasteiger partial charge on any atom is 0.195 e. The predicted octanol–water partition coefficient (Wildman–Crippen LogP) is 12.4. The molecule has 1 radical (unpaired) electrons. The number of hydrogen-bond donors (Lipinski definition) is 1. The fourth-order valence-electron chi connectivity index (χ4n) is 11.4. The van der Waals surface area contributed by atoms with Crippen LogP contribution in [0.25, 0.3) is 28.3 Å². The lowest BCUT2D eigenvalue weighted by atomic mass is 9.56. The van der Waals surface area contributed by atoms with Gasteiger partial charge in [-0.1, -0.05) is 188 Å². The highest BCUT2D eigenvalue weighted by atomic mass is 15.1. The lowest BCUT2D eigenvalue weighted by Gasteiger charge is -2.46. The van der Waals surface area contributed by atoms with E-state index < -0.39 is 5.41 Å². The second-order valence-corrected chi connectivity index (χ2v) is 17.7. The summed E-state index contributed by atoms with van der Waals surface area (Å²) < 4.78 is 0. The molecule has 1 fully saturated rings. The molecule has 59 heavy (non-hydrogen) atoms. The normalized spacial score (nSPS) is 19.8. The van der Waals surface area contributed by atoms with Gasteiger partial charge in [-0.05, 0) is 101 Å². The van der Waals surface area contributed by atoms with Crippen LogP contribution in [-0.2, 0) is 10.8 Å². The molecule has 1 N–H and O–H groups in total. The third-order valence-electron chi connectivity index (χ3n) is 14.5. The Hall–Kier alpha value is -6.06. The van der Waals surface area contributed by atoms with Gasteiger partial charge in [-0.2, -0.15) is 0 Å². The Labute approximate surface area is 351 Å². The van der Waals surface area contributed by atoms with Crippen molar-refractivity contribution in [3.05, 3.63) is 203 Å². The molecule has 10 rings (SSSR count). The second kappa shape index (κ2) is 14.1.